The quantitative estimate of drug-likeness (QED) is 0.107. The molecule has 24 heteroatoms. The minimum absolute atomic E-state index is 0. The predicted molar refractivity (Wildman–Crippen MR) is 232 cm³/mol. The molecule has 4 aromatic carbocycles. The minimum Gasteiger partial charge on any atom is -0.744 e. The van der Waals surface area contributed by atoms with Crippen molar-refractivity contribution in [1.29, 1.82) is 0 Å². The Morgan fingerprint density at radius 3 is 0.721 bits per heavy atom. The molecule has 2 aliphatic rings. The van der Waals surface area contributed by atoms with Gasteiger partial charge < -0.3 is 28.2 Å². The van der Waals surface area contributed by atoms with Gasteiger partial charge in [-0.3, -0.25) is 0 Å². The zero-order chi connectivity index (χ0) is 45.3. The predicted octanol–water partition coefficient (Wildman–Crippen LogP) is -5.04. The molecule has 3 aromatic heterocycles. The van der Waals surface area contributed by atoms with E-state index in [-0.39, 0.29) is 186 Å². The van der Waals surface area contributed by atoms with E-state index < -0.39 is 60.1 Å². The summed E-state index contributed by atoms with van der Waals surface area (Å²) in [6.45, 7) is 0. The molecule has 9 rings (SSSR count). The zero-order valence-electron chi connectivity index (χ0n) is 36.3. The van der Waals surface area contributed by atoms with Crippen LogP contribution in [0.4, 0.5) is 0 Å². The van der Waals surface area contributed by atoms with Gasteiger partial charge in [0.15, 0.2) is 0 Å². The Morgan fingerprint density at radius 2 is 0.529 bits per heavy atom. The average molecular weight is 1020 g/mol. The molecule has 2 N–H and O–H groups in total. The maximum Gasteiger partial charge on any atom is 1.00 e. The summed E-state index contributed by atoms with van der Waals surface area (Å²) < 4.78 is 147. The minimum atomic E-state index is -4.95. The van der Waals surface area contributed by atoms with Crippen LogP contribution in [-0.2, 0) is 40.5 Å². The molecule has 0 spiro atoms. The molecule has 8 bridgehead atoms. The molecule has 2 aliphatic heterocycles. The summed E-state index contributed by atoms with van der Waals surface area (Å²) in [5, 5.41) is 0. The van der Waals surface area contributed by atoms with Gasteiger partial charge in [0, 0.05) is 44.3 Å². The Hall–Kier alpha value is -2.88. The van der Waals surface area contributed by atoms with Crippen LogP contribution in [0.2, 0.25) is 0 Å². The number of aromatic nitrogens is 4. The number of aromatic amines is 2. The monoisotopic (exact) mass is 1020 g/mol. The number of nitrogens with one attached hydrogen (secondary N) is 2. The van der Waals surface area contributed by atoms with Gasteiger partial charge in [0.25, 0.3) is 0 Å². The number of rotatable bonds is 8. The van der Waals surface area contributed by atoms with Crippen LogP contribution in [0.15, 0.2) is 141 Å². The van der Waals surface area contributed by atoms with E-state index in [1.54, 1.807) is 72.8 Å². The van der Waals surface area contributed by atoms with Gasteiger partial charge in [0.2, 0.25) is 0 Å². The topological polar surface area (TPSA) is 286 Å². The van der Waals surface area contributed by atoms with Crippen molar-refractivity contribution in [2.24, 2.45) is 0 Å². The first-order valence-corrected chi connectivity index (χ1v) is 24.3. The molecule has 0 unspecified atom stereocenters. The van der Waals surface area contributed by atoms with E-state index in [0.717, 1.165) is 24.3 Å². The summed E-state index contributed by atoms with van der Waals surface area (Å²) in [5.41, 5.74) is 4.24. The maximum absolute atomic E-state index is 12.3. The van der Waals surface area contributed by atoms with Crippen LogP contribution in [0.5, 0.6) is 0 Å². The van der Waals surface area contributed by atoms with Crippen molar-refractivity contribution in [1.82, 2.24) is 19.9 Å². The van der Waals surface area contributed by atoms with Crippen LogP contribution in [-0.4, -0.2) is 71.8 Å². The number of H-pyrrole nitrogens is 2. The normalized spacial score (nSPS) is 12.3. The fourth-order valence-corrected chi connectivity index (χ4v) is 9.71. The molecule has 0 fully saturated rings. The van der Waals surface area contributed by atoms with Crippen LogP contribution in [0.3, 0.4) is 0 Å². The second-order valence-corrected chi connectivity index (χ2v) is 19.9. The Morgan fingerprint density at radius 1 is 0.324 bits per heavy atom. The van der Waals surface area contributed by atoms with Crippen molar-refractivity contribution in [3.8, 4) is 44.5 Å². The summed E-state index contributed by atoms with van der Waals surface area (Å²) in [7, 11) is -19.8. The van der Waals surface area contributed by atoms with Crippen molar-refractivity contribution in [3.05, 3.63) is 144 Å². The molecule has 0 amide bonds. The summed E-state index contributed by atoms with van der Waals surface area (Å²) in [6.07, 6.45) is 6.40. The Balaban J connectivity index is 0.00000216. The molecule has 322 valence electrons. The van der Waals surface area contributed by atoms with Crippen LogP contribution >= 0.6 is 0 Å². The number of nitrogens with zero attached hydrogens (tertiary/aromatic N) is 2. The first-order valence-electron chi connectivity index (χ1n) is 18.6. The molecule has 0 atom stereocenters. The van der Waals surface area contributed by atoms with Crippen molar-refractivity contribution in [2.45, 2.75) is 19.6 Å². The standard InChI is InChI=1S/C44H30N4O12S4.4Na/c49-61(50,51)29-9-1-5-25(21-29)41-33-13-15-35(45-33)42(26-6-2-10-30(22-26)62(52,53)54)37-17-19-39(47-37)44(28-8-4-12-32(24-28)64(58,59)60)40-20-18-38(48-40)43(36-16-14-34(41)46-36)27-7-3-11-31(23-27)63(55,56)57;;;;/h1-24,45,48H,(H,49,50,51)(H,52,53,54)(H,55,56,57)(H,58,59,60);;;;/q;4*+1/p-4. The van der Waals surface area contributed by atoms with Gasteiger partial charge in [0.05, 0.1) is 42.4 Å². The molecular weight excluding hydrogens is 997 g/mol. The van der Waals surface area contributed by atoms with E-state index in [1.807, 2.05) is 0 Å². The molecule has 0 radical (unpaired) electrons. The molecule has 7 aromatic rings. The van der Waals surface area contributed by atoms with Gasteiger partial charge in [-0.25, -0.2) is 43.6 Å². The number of hydrogen-bond donors (Lipinski definition) is 2. The number of hydrogen-bond acceptors (Lipinski definition) is 14. The fourth-order valence-electron chi connectivity index (χ4n) is 7.65. The van der Waals surface area contributed by atoms with Crippen molar-refractivity contribution < 1.29 is 170 Å². The SMILES string of the molecule is O=S(=O)([O-])c1cccc(-c2c3nc(c(-c4cccc(S(=O)(=O)[O-])c4)c4ccc([nH]4)c(-c4cccc(S(=O)(=O)[O-])c4)c4nc(c(-c5cccc(S(=O)(=O)[O-])c5)c5ccc2[nH]5)C=C4)C=C3)c1.[Na+].[Na+].[Na+].[Na+]. The van der Waals surface area contributed by atoms with Gasteiger partial charge in [0.1, 0.15) is 40.5 Å². The third kappa shape index (κ3) is 11.6. The van der Waals surface area contributed by atoms with Gasteiger partial charge in [-0.1, -0.05) is 48.5 Å². The number of fused-ring (bicyclic) bond motifs is 8. The van der Waals surface area contributed by atoms with Gasteiger partial charge in [-0.2, -0.15) is 0 Å². The Bertz CT molecular complexity index is 3390. The smallest absolute Gasteiger partial charge is 0.744 e. The average Bonchev–Trinajstić information content (AvgIpc) is 4.08. The van der Waals surface area contributed by atoms with Gasteiger partial charge in [-0.05, 0) is 119 Å². The van der Waals surface area contributed by atoms with E-state index in [9.17, 15) is 51.9 Å². The van der Waals surface area contributed by atoms with Crippen molar-refractivity contribution in [2.75, 3.05) is 0 Å². The molecule has 16 nitrogen and oxygen atoms in total. The van der Waals surface area contributed by atoms with Crippen LogP contribution in [0, 0.1) is 0 Å². The molecule has 68 heavy (non-hydrogen) atoms. The van der Waals surface area contributed by atoms with Crippen LogP contribution in [0.25, 0.3) is 90.9 Å². The zero-order valence-corrected chi connectivity index (χ0v) is 47.5. The second-order valence-electron chi connectivity index (χ2n) is 14.4. The van der Waals surface area contributed by atoms with Gasteiger partial charge in [-0.15, -0.1) is 0 Å². The van der Waals surface area contributed by atoms with Crippen LogP contribution in [0.1, 0.15) is 22.8 Å². The first kappa shape index (κ1) is 56.0. The largest absolute Gasteiger partial charge is 1.00 e. The third-order valence-corrected chi connectivity index (χ3v) is 13.7. The molecule has 0 saturated carbocycles. The van der Waals surface area contributed by atoms with Crippen LogP contribution < -0.4 is 118 Å². The number of benzene rings is 4. The molecule has 0 saturated heterocycles. The summed E-state index contributed by atoms with van der Waals surface area (Å²) >= 11 is 0. The molecule has 0 aliphatic carbocycles. The summed E-state index contributed by atoms with van der Waals surface area (Å²) in [5.74, 6) is 0. The molecular formula is C44H26N4Na4O12S4. The van der Waals surface area contributed by atoms with E-state index in [2.05, 4.69) is 9.97 Å². The van der Waals surface area contributed by atoms with Crippen molar-refractivity contribution >= 4 is 86.8 Å². The van der Waals surface area contributed by atoms with E-state index in [4.69, 9.17) is 9.97 Å². The maximum atomic E-state index is 12.3. The second kappa shape index (κ2) is 21.5. The fraction of sp³-hybridized carbons (Fsp3) is 0. The summed E-state index contributed by atoms with van der Waals surface area (Å²) in [6, 6.07) is 27.5. The third-order valence-electron chi connectivity index (χ3n) is 10.4. The van der Waals surface area contributed by atoms with E-state index in [1.165, 1.54) is 48.5 Å². The van der Waals surface area contributed by atoms with E-state index >= 15 is 0 Å². The van der Waals surface area contributed by atoms with E-state index in [0.29, 0.717) is 22.1 Å². The Labute approximate surface area is 478 Å². The summed E-state index contributed by atoms with van der Waals surface area (Å²) in [4.78, 5) is 14.4. The van der Waals surface area contributed by atoms with Crippen molar-refractivity contribution in [3.63, 3.8) is 0 Å². The van der Waals surface area contributed by atoms with Gasteiger partial charge >= 0.3 is 118 Å². The molecule has 5 heterocycles. The Kier molecular flexibility index (Phi) is 17.7. The first-order chi connectivity index (χ1) is 30.2.